The zero-order chi connectivity index (χ0) is 44.7. The minimum atomic E-state index is -4.08. The molecule has 0 bridgehead atoms. The van der Waals surface area contributed by atoms with E-state index in [2.05, 4.69) is 134 Å². The maximum absolute atomic E-state index is 14.2. The molecule has 2 aliphatic heterocycles. The van der Waals surface area contributed by atoms with E-state index in [1.807, 2.05) is 12.1 Å². The van der Waals surface area contributed by atoms with Gasteiger partial charge in [0.25, 0.3) is 20.1 Å². The molecule has 8 nitrogen and oxygen atoms in total. The Labute approximate surface area is 378 Å². The highest BCUT2D eigenvalue weighted by atomic mass is 35.5. The van der Waals surface area contributed by atoms with Gasteiger partial charge in [-0.25, -0.2) is 8.42 Å². The highest BCUT2D eigenvalue weighted by Gasteiger charge is 2.46. The first kappa shape index (κ1) is 44.6. The van der Waals surface area contributed by atoms with Crippen LogP contribution < -0.4 is 9.62 Å². The standard InChI is InChI=1S/C52H56ClN3O5S2/c1-6-7-12-33-55-44-29-21-36-15-8-10-17-42(36)48(44)51(2,3)46(55)31-23-38-19-20-39(50(38)54-63(60,61)41-27-25-40(53)26-28-41)24-32-47-52(4,5)49-43-18-11-9-16-37(43)22-30-45(49)56(47)34-13-14-35-62(57,58)59/h8-11,15-18,21-32H,6-7,12-14,19-20,33-35H2,1-5H3,(H,57,58,59)/p+1/b39-24+,47-32+. The molecule has 5 aromatic carbocycles. The van der Waals surface area contributed by atoms with Crippen molar-refractivity contribution in [3.63, 3.8) is 0 Å². The van der Waals surface area contributed by atoms with Gasteiger partial charge < -0.3 is 4.90 Å². The largest absolute Gasteiger partial charge is 0.344 e. The molecule has 11 heteroatoms. The third kappa shape index (κ3) is 8.80. The first-order valence-corrected chi connectivity index (χ1v) is 25.5. The lowest BCUT2D eigenvalue weighted by Gasteiger charge is -2.27. The van der Waals surface area contributed by atoms with E-state index in [0.717, 1.165) is 59.1 Å². The van der Waals surface area contributed by atoms with Crippen LogP contribution >= 0.6 is 11.6 Å². The molecule has 2 N–H and O–H groups in total. The summed E-state index contributed by atoms with van der Waals surface area (Å²) in [5.74, 6) is -0.300. The molecular weight excluding hydrogens is 846 g/mol. The number of nitrogens with one attached hydrogen (secondary N) is 1. The Hall–Kier alpha value is -5.00. The van der Waals surface area contributed by atoms with Crippen molar-refractivity contribution >= 4 is 70.4 Å². The molecule has 2 heterocycles. The monoisotopic (exact) mass is 902 g/mol. The first-order valence-electron chi connectivity index (χ1n) is 22.0. The Bertz CT molecular complexity index is 3000. The van der Waals surface area contributed by atoms with E-state index in [0.29, 0.717) is 42.9 Å². The zero-order valence-corrected chi connectivity index (χ0v) is 39.2. The van der Waals surface area contributed by atoms with Gasteiger partial charge in [-0.2, -0.15) is 13.0 Å². The number of rotatable bonds is 15. The molecule has 0 atom stereocenters. The molecule has 328 valence electrons. The number of nitrogens with zero attached hydrogens (tertiary/aromatic N) is 2. The van der Waals surface area contributed by atoms with Gasteiger partial charge in [0.15, 0.2) is 5.71 Å². The van der Waals surface area contributed by atoms with Crippen LogP contribution in [0.1, 0.15) is 90.7 Å². The van der Waals surface area contributed by atoms with E-state index in [4.69, 9.17) is 11.6 Å². The molecule has 63 heavy (non-hydrogen) atoms. The smallest absolute Gasteiger partial charge is 0.264 e. The van der Waals surface area contributed by atoms with Crippen molar-refractivity contribution in [2.24, 2.45) is 0 Å². The number of sulfonamides is 1. The molecule has 0 aromatic heterocycles. The summed E-state index contributed by atoms with van der Waals surface area (Å²) >= 11 is 6.19. The second-order valence-corrected chi connectivity index (χ2v) is 21.7. The van der Waals surface area contributed by atoms with Crippen molar-refractivity contribution < 1.29 is 26.0 Å². The quantitative estimate of drug-likeness (QED) is 0.0616. The van der Waals surface area contributed by atoms with Crippen molar-refractivity contribution in [2.75, 3.05) is 23.7 Å². The summed E-state index contributed by atoms with van der Waals surface area (Å²) in [6, 6.07) is 31.9. The second-order valence-electron chi connectivity index (χ2n) is 18.0. The Balaban J connectivity index is 1.23. The summed E-state index contributed by atoms with van der Waals surface area (Å²) in [6.07, 6.45) is 13.9. The minimum absolute atomic E-state index is 0.124. The van der Waals surface area contributed by atoms with Crippen LogP contribution in [0.4, 0.5) is 11.4 Å². The molecule has 0 unspecified atom stereocenters. The van der Waals surface area contributed by atoms with Crippen LogP contribution in [0.15, 0.2) is 149 Å². The van der Waals surface area contributed by atoms with Crippen molar-refractivity contribution in [3.05, 3.63) is 160 Å². The van der Waals surface area contributed by atoms with E-state index in [9.17, 15) is 21.4 Å². The van der Waals surface area contributed by atoms with Gasteiger partial charge in [-0.15, -0.1) is 0 Å². The Morgan fingerprint density at radius 1 is 0.746 bits per heavy atom. The minimum Gasteiger partial charge on any atom is -0.344 e. The van der Waals surface area contributed by atoms with E-state index in [1.165, 1.54) is 45.4 Å². The van der Waals surface area contributed by atoms with E-state index in [-0.39, 0.29) is 16.1 Å². The lowest BCUT2D eigenvalue weighted by atomic mass is 9.79. The highest BCUT2D eigenvalue weighted by molar-refractivity contribution is 7.89. The van der Waals surface area contributed by atoms with E-state index < -0.39 is 25.6 Å². The van der Waals surface area contributed by atoms with Gasteiger partial charge in [-0.05, 0) is 127 Å². The molecule has 3 aliphatic rings. The van der Waals surface area contributed by atoms with Crippen LogP contribution in [0.2, 0.25) is 5.02 Å². The topological polar surface area (TPSA) is 107 Å². The fraction of sp³-hybridized carbons (Fsp3) is 0.327. The molecule has 0 fully saturated rings. The molecule has 1 aliphatic carbocycles. The normalized spacial score (nSPS) is 18.5. The van der Waals surface area contributed by atoms with Gasteiger partial charge in [-0.1, -0.05) is 106 Å². The molecule has 5 aromatic rings. The fourth-order valence-electron chi connectivity index (χ4n) is 9.98. The average molecular weight is 904 g/mol. The molecule has 0 saturated carbocycles. The molecule has 0 saturated heterocycles. The van der Waals surface area contributed by atoms with Crippen LogP contribution in [-0.4, -0.2) is 50.5 Å². The van der Waals surface area contributed by atoms with Gasteiger partial charge in [0.1, 0.15) is 6.54 Å². The number of fused-ring (bicyclic) bond motifs is 6. The predicted octanol–water partition coefficient (Wildman–Crippen LogP) is 12.1. The Morgan fingerprint density at radius 2 is 1.41 bits per heavy atom. The average Bonchev–Trinajstić information content (AvgIpc) is 3.80. The number of hydrogen-bond acceptors (Lipinski definition) is 5. The summed E-state index contributed by atoms with van der Waals surface area (Å²) < 4.78 is 66.6. The number of anilines is 1. The Morgan fingerprint density at radius 3 is 2.10 bits per heavy atom. The van der Waals surface area contributed by atoms with Gasteiger partial charge >= 0.3 is 0 Å². The number of benzene rings is 5. The van der Waals surface area contributed by atoms with E-state index in [1.54, 1.807) is 12.1 Å². The molecule has 0 spiro atoms. The summed E-state index contributed by atoms with van der Waals surface area (Å²) in [5.41, 5.74) is 8.54. The van der Waals surface area contributed by atoms with Crippen molar-refractivity contribution in [1.82, 2.24) is 4.72 Å². The summed E-state index contributed by atoms with van der Waals surface area (Å²) in [6.45, 7) is 12.6. The van der Waals surface area contributed by atoms with Crippen LogP contribution in [0.25, 0.3) is 21.5 Å². The number of halogens is 1. The van der Waals surface area contributed by atoms with Crippen LogP contribution in [0.3, 0.4) is 0 Å². The maximum Gasteiger partial charge on any atom is 0.264 e. The van der Waals surface area contributed by atoms with Gasteiger partial charge in [0, 0.05) is 52.5 Å². The SMILES string of the molecule is CCCCC[N+]1=C(/C=C/C2=C(NS(=O)(=O)c3ccc(Cl)cc3)C(=C/C=C3/N(CCCCS(=O)(=O)O)c4ccc5ccccc5c4C3(C)C)/CC2)C(C)(C)c2c1ccc1ccccc21. The van der Waals surface area contributed by atoms with Crippen molar-refractivity contribution in [2.45, 2.75) is 95.3 Å². The Kier molecular flexibility index (Phi) is 12.4. The summed E-state index contributed by atoms with van der Waals surface area (Å²) in [7, 11) is -8.09. The van der Waals surface area contributed by atoms with Crippen molar-refractivity contribution in [1.29, 1.82) is 0 Å². The van der Waals surface area contributed by atoms with Gasteiger partial charge in [-0.3, -0.25) is 9.27 Å². The molecule has 0 amide bonds. The van der Waals surface area contributed by atoms with Crippen LogP contribution in [0, 0.1) is 0 Å². The van der Waals surface area contributed by atoms with Gasteiger partial charge in [0.05, 0.1) is 21.8 Å². The predicted molar refractivity (Wildman–Crippen MR) is 260 cm³/mol. The molecule has 8 rings (SSSR count). The van der Waals surface area contributed by atoms with E-state index >= 15 is 0 Å². The number of allylic oxidation sites excluding steroid dienone is 7. The van der Waals surface area contributed by atoms with Crippen molar-refractivity contribution in [3.8, 4) is 0 Å². The zero-order valence-electron chi connectivity index (χ0n) is 36.8. The number of hydrogen-bond donors (Lipinski definition) is 2. The fourth-order valence-corrected chi connectivity index (χ4v) is 11.8. The van der Waals surface area contributed by atoms with Gasteiger partial charge in [0.2, 0.25) is 5.69 Å². The van der Waals surface area contributed by atoms with Crippen LogP contribution in [-0.2, 0) is 31.0 Å². The summed E-state index contributed by atoms with van der Waals surface area (Å²) in [4.78, 5) is 2.38. The molecular formula is C52H57ClN3O5S2+. The lowest BCUT2D eigenvalue weighted by molar-refractivity contribution is -0.438. The third-order valence-electron chi connectivity index (χ3n) is 13.1. The first-order chi connectivity index (χ1) is 30.0. The number of unbranched alkanes of at least 4 members (excludes halogenated alkanes) is 3. The second kappa shape index (κ2) is 17.5. The van der Waals surface area contributed by atoms with Crippen LogP contribution in [0.5, 0.6) is 0 Å². The third-order valence-corrected chi connectivity index (χ3v) is 15.5. The summed E-state index contributed by atoms with van der Waals surface area (Å²) in [5, 5.41) is 5.19. The maximum atomic E-state index is 14.2. The highest BCUT2D eigenvalue weighted by Crippen LogP contribution is 2.51. The molecule has 0 radical (unpaired) electrons. The lowest BCUT2D eigenvalue weighted by Crippen LogP contribution is -2.28.